The molecule has 2 rings (SSSR count). The molecular weight excluding hydrogens is 284 g/mol. The number of amides is 2. The van der Waals surface area contributed by atoms with E-state index in [1.165, 1.54) is 5.57 Å². The Labute approximate surface area is 131 Å². The molecule has 2 aliphatic rings. The van der Waals surface area contributed by atoms with Gasteiger partial charge in [0.1, 0.15) is 0 Å². The average Bonchev–Trinajstić information content (AvgIpc) is 2.78. The van der Waals surface area contributed by atoms with Crippen molar-refractivity contribution in [3.8, 4) is 0 Å². The number of ether oxygens (including phenoxy) is 2. The van der Waals surface area contributed by atoms with Crippen LogP contribution >= 0.6 is 0 Å². The number of nitrogens with one attached hydrogen (secondary N) is 1. The van der Waals surface area contributed by atoms with Crippen LogP contribution in [0.1, 0.15) is 32.1 Å². The van der Waals surface area contributed by atoms with E-state index in [1.807, 2.05) is 4.90 Å². The van der Waals surface area contributed by atoms with Gasteiger partial charge in [-0.1, -0.05) is 6.42 Å². The molecule has 2 amide bonds. The molecule has 0 aromatic rings. The molecular formula is C16H26N2O4. The molecule has 1 fully saturated rings. The molecule has 6 nitrogen and oxygen atoms in total. The Morgan fingerprint density at radius 2 is 2.05 bits per heavy atom. The number of methoxy groups -OCH3 is 2. The second-order valence-corrected chi connectivity index (χ2v) is 5.78. The van der Waals surface area contributed by atoms with Gasteiger partial charge in [0.05, 0.1) is 25.7 Å². The molecule has 1 N–H and O–H groups in total. The molecule has 0 aromatic carbocycles. The SMILES string of the molecule is COCCNC(=O)CC1=C2CCCCC2N(CCOC)C1=O. The highest BCUT2D eigenvalue weighted by Gasteiger charge is 2.39. The third-order valence-corrected chi connectivity index (χ3v) is 4.36. The van der Waals surface area contributed by atoms with Crippen molar-refractivity contribution in [2.45, 2.75) is 38.1 Å². The van der Waals surface area contributed by atoms with Crippen molar-refractivity contribution in [1.82, 2.24) is 10.2 Å². The highest BCUT2D eigenvalue weighted by molar-refractivity contribution is 6.02. The summed E-state index contributed by atoms with van der Waals surface area (Å²) in [5.41, 5.74) is 1.88. The second kappa shape index (κ2) is 8.29. The van der Waals surface area contributed by atoms with Gasteiger partial charge in [0.15, 0.2) is 0 Å². The summed E-state index contributed by atoms with van der Waals surface area (Å²) in [6.45, 7) is 2.08. The Morgan fingerprint density at radius 3 is 2.77 bits per heavy atom. The number of rotatable bonds is 8. The third kappa shape index (κ3) is 3.87. The Hall–Kier alpha value is -1.40. The third-order valence-electron chi connectivity index (χ3n) is 4.36. The molecule has 1 atom stereocenters. The summed E-state index contributed by atoms with van der Waals surface area (Å²) in [5, 5.41) is 2.79. The maximum absolute atomic E-state index is 12.7. The molecule has 1 unspecified atom stereocenters. The van der Waals surface area contributed by atoms with Gasteiger partial charge in [0.25, 0.3) is 5.91 Å². The molecule has 1 aliphatic carbocycles. The van der Waals surface area contributed by atoms with Crippen LogP contribution in [0.3, 0.4) is 0 Å². The molecule has 124 valence electrons. The quantitative estimate of drug-likeness (QED) is 0.676. The number of nitrogens with zero attached hydrogens (tertiary/aromatic N) is 1. The minimum atomic E-state index is -0.106. The highest BCUT2D eigenvalue weighted by Crippen LogP contribution is 2.37. The van der Waals surface area contributed by atoms with E-state index < -0.39 is 0 Å². The first-order chi connectivity index (χ1) is 10.7. The highest BCUT2D eigenvalue weighted by atomic mass is 16.5. The lowest BCUT2D eigenvalue weighted by atomic mass is 9.88. The first-order valence-electron chi connectivity index (χ1n) is 7.96. The molecule has 0 spiro atoms. The van der Waals surface area contributed by atoms with Gasteiger partial charge in [-0.15, -0.1) is 0 Å². The van der Waals surface area contributed by atoms with Crippen molar-refractivity contribution in [2.75, 3.05) is 40.5 Å². The van der Waals surface area contributed by atoms with Gasteiger partial charge in [0, 0.05) is 32.9 Å². The van der Waals surface area contributed by atoms with Gasteiger partial charge >= 0.3 is 0 Å². The van der Waals surface area contributed by atoms with Gasteiger partial charge in [-0.05, 0) is 24.8 Å². The molecule has 6 heteroatoms. The molecule has 0 bridgehead atoms. The Morgan fingerprint density at radius 1 is 1.27 bits per heavy atom. The van der Waals surface area contributed by atoms with E-state index in [-0.39, 0.29) is 24.3 Å². The van der Waals surface area contributed by atoms with Crippen LogP contribution in [-0.4, -0.2) is 63.3 Å². The van der Waals surface area contributed by atoms with Gasteiger partial charge in [-0.25, -0.2) is 0 Å². The van der Waals surface area contributed by atoms with Gasteiger partial charge in [0.2, 0.25) is 5.91 Å². The zero-order valence-corrected chi connectivity index (χ0v) is 13.5. The summed E-state index contributed by atoms with van der Waals surface area (Å²) in [7, 11) is 3.23. The lowest BCUT2D eigenvalue weighted by molar-refractivity contribution is -0.129. The first-order valence-corrected chi connectivity index (χ1v) is 7.96. The lowest BCUT2D eigenvalue weighted by Gasteiger charge is -2.29. The summed E-state index contributed by atoms with van der Waals surface area (Å²) in [4.78, 5) is 26.6. The van der Waals surface area contributed by atoms with E-state index in [2.05, 4.69) is 5.32 Å². The Kier molecular flexibility index (Phi) is 6.39. The standard InChI is InChI=1S/C16H26N2O4/c1-21-9-7-17-15(19)11-13-12-5-3-4-6-14(12)18(16(13)20)8-10-22-2/h14H,3-11H2,1-2H3,(H,17,19). The molecule has 1 aliphatic heterocycles. The van der Waals surface area contributed by atoms with E-state index in [1.54, 1.807) is 14.2 Å². The molecule has 1 heterocycles. The fourth-order valence-electron chi connectivity index (χ4n) is 3.29. The second-order valence-electron chi connectivity index (χ2n) is 5.78. The molecule has 0 saturated heterocycles. The monoisotopic (exact) mass is 310 g/mol. The maximum Gasteiger partial charge on any atom is 0.250 e. The van der Waals surface area contributed by atoms with Crippen LogP contribution in [0.25, 0.3) is 0 Å². The number of carbonyl (C=O) groups excluding carboxylic acids is 2. The fraction of sp³-hybridized carbons (Fsp3) is 0.750. The van der Waals surface area contributed by atoms with E-state index in [0.29, 0.717) is 31.9 Å². The summed E-state index contributed by atoms with van der Waals surface area (Å²) < 4.78 is 10.0. The average molecular weight is 310 g/mol. The van der Waals surface area contributed by atoms with Gasteiger partial charge in [-0.2, -0.15) is 0 Å². The molecule has 1 saturated carbocycles. The largest absolute Gasteiger partial charge is 0.383 e. The predicted molar refractivity (Wildman–Crippen MR) is 82.4 cm³/mol. The number of fused-ring (bicyclic) bond motifs is 1. The van der Waals surface area contributed by atoms with E-state index in [4.69, 9.17) is 9.47 Å². The fourth-order valence-corrected chi connectivity index (χ4v) is 3.29. The minimum Gasteiger partial charge on any atom is -0.383 e. The molecule has 0 aromatic heterocycles. The summed E-state index contributed by atoms with van der Waals surface area (Å²) in [5.74, 6) is -0.0911. The van der Waals surface area contributed by atoms with Crippen LogP contribution < -0.4 is 5.32 Å². The van der Waals surface area contributed by atoms with Crippen molar-refractivity contribution in [2.24, 2.45) is 0 Å². The zero-order valence-electron chi connectivity index (χ0n) is 13.5. The number of carbonyl (C=O) groups is 2. The Bertz CT molecular complexity index is 447. The summed E-state index contributed by atoms with van der Waals surface area (Å²) in [6, 6.07) is 0.179. The normalized spacial score (nSPS) is 21.3. The van der Waals surface area contributed by atoms with Crippen LogP contribution in [0.5, 0.6) is 0 Å². The first kappa shape index (κ1) is 17.0. The van der Waals surface area contributed by atoms with E-state index in [9.17, 15) is 9.59 Å². The van der Waals surface area contributed by atoms with Crippen LogP contribution in [-0.2, 0) is 19.1 Å². The zero-order chi connectivity index (χ0) is 15.9. The van der Waals surface area contributed by atoms with Crippen LogP contribution in [0.4, 0.5) is 0 Å². The van der Waals surface area contributed by atoms with Crippen molar-refractivity contribution in [3.05, 3.63) is 11.1 Å². The van der Waals surface area contributed by atoms with Gasteiger partial charge in [-0.3, -0.25) is 9.59 Å². The predicted octanol–water partition coefficient (Wildman–Crippen LogP) is 0.867. The lowest BCUT2D eigenvalue weighted by Crippen LogP contribution is -2.39. The summed E-state index contributed by atoms with van der Waals surface area (Å²) in [6.07, 6.45) is 4.35. The van der Waals surface area contributed by atoms with Crippen LogP contribution in [0.15, 0.2) is 11.1 Å². The molecule has 22 heavy (non-hydrogen) atoms. The maximum atomic E-state index is 12.7. The smallest absolute Gasteiger partial charge is 0.250 e. The Balaban J connectivity index is 2.03. The van der Waals surface area contributed by atoms with E-state index in [0.717, 1.165) is 25.7 Å². The van der Waals surface area contributed by atoms with E-state index >= 15 is 0 Å². The van der Waals surface area contributed by atoms with Crippen molar-refractivity contribution < 1.29 is 19.1 Å². The number of hydrogen-bond acceptors (Lipinski definition) is 4. The van der Waals surface area contributed by atoms with Crippen molar-refractivity contribution in [1.29, 1.82) is 0 Å². The number of hydrogen-bond donors (Lipinski definition) is 1. The van der Waals surface area contributed by atoms with Crippen molar-refractivity contribution >= 4 is 11.8 Å². The minimum absolute atomic E-state index is 0.0147. The summed E-state index contributed by atoms with van der Waals surface area (Å²) >= 11 is 0. The van der Waals surface area contributed by atoms with Crippen molar-refractivity contribution in [3.63, 3.8) is 0 Å². The van der Waals surface area contributed by atoms with Gasteiger partial charge < -0.3 is 19.7 Å². The van der Waals surface area contributed by atoms with Crippen LogP contribution in [0, 0.1) is 0 Å². The molecule has 0 radical (unpaired) electrons. The van der Waals surface area contributed by atoms with Crippen LogP contribution in [0.2, 0.25) is 0 Å². The topological polar surface area (TPSA) is 67.9 Å².